The van der Waals surface area contributed by atoms with Crippen molar-refractivity contribution >= 4 is 13.3 Å². The zero-order chi connectivity index (χ0) is 14.8. The van der Waals surface area contributed by atoms with E-state index in [4.69, 9.17) is 9.47 Å². The Hall–Kier alpha value is 0.0229. The van der Waals surface area contributed by atoms with Crippen LogP contribution < -0.4 is 0 Å². The van der Waals surface area contributed by atoms with E-state index in [0.717, 1.165) is 19.4 Å². The number of hydrogen-bond donors (Lipinski definition) is 0. The Morgan fingerprint density at radius 3 is 2.05 bits per heavy atom. The molecule has 112 valence electrons. The second-order valence-electron chi connectivity index (χ2n) is 5.63. The Morgan fingerprint density at radius 1 is 1.00 bits per heavy atom. The molecule has 0 saturated carbocycles. The van der Waals surface area contributed by atoms with Gasteiger partial charge in [0.05, 0.1) is 0 Å². The standard InChI is InChI=1S/C16H32GeO2/c1-7-11-14-18-15-19-16(5,6)12-13-17(8-2,9-3)10-4/h7-11,14-15H2,1-6H3. The van der Waals surface area contributed by atoms with Gasteiger partial charge in [0, 0.05) is 0 Å². The Labute approximate surface area is 123 Å². The van der Waals surface area contributed by atoms with Crippen molar-refractivity contribution < 1.29 is 9.47 Å². The van der Waals surface area contributed by atoms with Crippen LogP contribution in [0.25, 0.3) is 0 Å². The van der Waals surface area contributed by atoms with Gasteiger partial charge in [0.1, 0.15) is 0 Å². The zero-order valence-corrected chi connectivity index (χ0v) is 15.9. The first-order valence-corrected chi connectivity index (χ1v) is 13.2. The van der Waals surface area contributed by atoms with Crippen LogP contribution in [0.4, 0.5) is 0 Å². The van der Waals surface area contributed by atoms with Crippen LogP contribution in [-0.2, 0) is 9.47 Å². The van der Waals surface area contributed by atoms with Gasteiger partial charge in [-0.05, 0) is 0 Å². The van der Waals surface area contributed by atoms with Crippen LogP contribution in [0.2, 0.25) is 15.8 Å². The molecule has 0 aliphatic heterocycles. The molecule has 0 bridgehead atoms. The molecule has 0 radical (unpaired) electrons. The molecule has 0 aliphatic rings. The topological polar surface area (TPSA) is 18.5 Å². The zero-order valence-electron chi connectivity index (χ0n) is 13.8. The van der Waals surface area contributed by atoms with Gasteiger partial charge in [-0.15, -0.1) is 0 Å². The molecule has 0 aromatic rings. The van der Waals surface area contributed by atoms with Gasteiger partial charge < -0.3 is 0 Å². The average molecular weight is 329 g/mol. The second kappa shape index (κ2) is 9.85. The van der Waals surface area contributed by atoms with Crippen LogP contribution in [0.15, 0.2) is 0 Å². The van der Waals surface area contributed by atoms with Crippen molar-refractivity contribution in [1.82, 2.24) is 0 Å². The van der Waals surface area contributed by atoms with E-state index in [1.807, 2.05) is 13.8 Å². The van der Waals surface area contributed by atoms with Crippen LogP contribution in [0.1, 0.15) is 54.4 Å². The van der Waals surface area contributed by atoms with Gasteiger partial charge in [-0.3, -0.25) is 0 Å². The quantitative estimate of drug-likeness (QED) is 0.266. The molecule has 0 rings (SSSR count). The number of ether oxygens (including phenoxy) is 2. The maximum absolute atomic E-state index is 5.74. The van der Waals surface area contributed by atoms with Crippen LogP contribution in [0, 0.1) is 10.7 Å². The van der Waals surface area contributed by atoms with Crippen molar-refractivity contribution in [3.05, 3.63) is 0 Å². The van der Waals surface area contributed by atoms with Crippen molar-refractivity contribution in [3.8, 4) is 10.7 Å². The average Bonchev–Trinajstić information content (AvgIpc) is 2.41. The van der Waals surface area contributed by atoms with E-state index in [-0.39, 0.29) is 5.60 Å². The van der Waals surface area contributed by atoms with Crippen LogP contribution in [0.5, 0.6) is 0 Å². The fourth-order valence-corrected chi connectivity index (χ4v) is 7.28. The molecule has 0 atom stereocenters. The Kier molecular flexibility index (Phi) is 9.86. The van der Waals surface area contributed by atoms with Crippen molar-refractivity contribution in [1.29, 1.82) is 0 Å². The van der Waals surface area contributed by atoms with Crippen LogP contribution >= 0.6 is 0 Å². The number of hydrogen-bond acceptors (Lipinski definition) is 2. The summed E-state index contributed by atoms with van der Waals surface area (Å²) in [5.74, 6) is 3.37. The molecule has 0 fully saturated rings. The molecule has 19 heavy (non-hydrogen) atoms. The predicted molar refractivity (Wildman–Crippen MR) is 85.9 cm³/mol. The third-order valence-electron chi connectivity index (χ3n) is 3.80. The molecule has 0 unspecified atom stereocenters. The van der Waals surface area contributed by atoms with Gasteiger partial charge in [0.15, 0.2) is 0 Å². The SMILES string of the molecule is CCCCOCOC(C)(C)C#[C][Ge]([CH2]C)([CH2]C)[CH2]C. The van der Waals surface area contributed by atoms with Gasteiger partial charge in [0.2, 0.25) is 0 Å². The van der Waals surface area contributed by atoms with E-state index in [0.29, 0.717) is 6.79 Å². The number of unbranched alkanes of at least 4 members (excludes halogenated alkanes) is 1. The van der Waals surface area contributed by atoms with Crippen molar-refractivity contribution in [2.45, 2.75) is 75.7 Å². The van der Waals surface area contributed by atoms with Crippen LogP contribution in [0.3, 0.4) is 0 Å². The van der Waals surface area contributed by atoms with Gasteiger partial charge in [-0.25, -0.2) is 0 Å². The first-order valence-electron chi connectivity index (χ1n) is 7.71. The predicted octanol–water partition coefficient (Wildman–Crippen LogP) is 4.61. The molecule has 2 nitrogen and oxygen atoms in total. The van der Waals surface area contributed by atoms with Gasteiger partial charge in [-0.1, -0.05) is 0 Å². The molecular weight excluding hydrogens is 297 g/mol. The first kappa shape index (κ1) is 19.0. The van der Waals surface area contributed by atoms with Gasteiger partial charge in [-0.2, -0.15) is 0 Å². The van der Waals surface area contributed by atoms with Crippen molar-refractivity contribution in [2.24, 2.45) is 0 Å². The fourth-order valence-electron chi connectivity index (χ4n) is 1.83. The second-order valence-corrected chi connectivity index (χ2v) is 16.0. The molecule has 0 amide bonds. The molecule has 0 spiro atoms. The molecule has 0 aromatic heterocycles. The third kappa shape index (κ3) is 8.02. The molecule has 0 aromatic carbocycles. The third-order valence-corrected chi connectivity index (χ3v) is 13.7. The van der Waals surface area contributed by atoms with E-state index in [9.17, 15) is 0 Å². The van der Waals surface area contributed by atoms with E-state index < -0.39 is 13.3 Å². The van der Waals surface area contributed by atoms with Crippen molar-refractivity contribution in [3.63, 3.8) is 0 Å². The molecule has 3 heteroatoms. The summed E-state index contributed by atoms with van der Waals surface area (Å²) < 4.78 is 14.8. The molecular formula is C16H32GeO2. The van der Waals surface area contributed by atoms with Crippen LogP contribution in [-0.4, -0.2) is 32.3 Å². The summed E-state index contributed by atoms with van der Waals surface area (Å²) in [4.78, 5) is 0. The van der Waals surface area contributed by atoms with Crippen molar-refractivity contribution in [2.75, 3.05) is 13.4 Å². The summed E-state index contributed by atoms with van der Waals surface area (Å²) in [7, 11) is 0. The Morgan fingerprint density at radius 2 is 1.58 bits per heavy atom. The Bertz CT molecular complexity index is 277. The summed E-state index contributed by atoms with van der Waals surface area (Å²) in [6, 6.07) is 0. The summed E-state index contributed by atoms with van der Waals surface area (Å²) in [5.41, 5.74) is -0.387. The molecule has 0 aliphatic carbocycles. The minimum atomic E-state index is -1.90. The fraction of sp³-hybridized carbons (Fsp3) is 0.875. The summed E-state index contributed by atoms with van der Waals surface area (Å²) in [6.45, 7) is 14.3. The Balaban J connectivity index is 4.34. The van der Waals surface area contributed by atoms with E-state index in [1.54, 1.807) is 0 Å². The molecule has 0 N–H and O–H groups in total. The minimum absolute atomic E-state index is 0.353. The maximum atomic E-state index is 5.74. The first-order chi connectivity index (χ1) is 8.95. The normalized spacial score (nSPS) is 12.1. The summed E-state index contributed by atoms with van der Waals surface area (Å²) >= 11 is -1.90. The molecule has 0 heterocycles. The van der Waals surface area contributed by atoms with E-state index in [1.165, 1.54) is 15.8 Å². The molecule has 0 saturated heterocycles. The summed E-state index contributed by atoms with van der Waals surface area (Å²) in [5, 5.41) is 3.84. The number of rotatable bonds is 9. The van der Waals surface area contributed by atoms with E-state index >= 15 is 0 Å². The van der Waals surface area contributed by atoms with Gasteiger partial charge in [0.25, 0.3) is 0 Å². The van der Waals surface area contributed by atoms with Gasteiger partial charge >= 0.3 is 123 Å². The monoisotopic (exact) mass is 330 g/mol. The summed E-state index contributed by atoms with van der Waals surface area (Å²) in [6.07, 6.45) is 2.25. The van der Waals surface area contributed by atoms with E-state index in [2.05, 4.69) is 38.4 Å².